The van der Waals surface area contributed by atoms with Crippen LogP contribution < -0.4 is 10.6 Å². The summed E-state index contributed by atoms with van der Waals surface area (Å²) in [6.45, 7) is 2.44. The number of rotatable bonds is 1. The van der Waals surface area contributed by atoms with Gasteiger partial charge in [-0.3, -0.25) is 15.3 Å². The molecule has 3 rings (SSSR count). The van der Waals surface area contributed by atoms with Crippen molar-refractivity contribution in [2.24, 2.45) is 4.99 Å². The quantitative estimate of drug-likeness (QED) is 0.872. The fourth-order valence-electron chi connectivity index (χ4n) is 2.47. The molecule has 0 aliphatic carbocycles. The number of hydrogen-bond acceptors (Lipinski definition) is 3. The van der Waals surface area contributed by atoms with Crippen molar-refractivity contribution in [1.29, 1.82) is 0 Å². The van der Waals surface area contributed by atoms with Crippen LogP contribution in [0.4, 0.5) is 0 Å². The van der Waals surface area contributed by atoms with Gasteiger partial charge in [0.25, 0.3) is 0 Å². The Morgan fingerprint density at radius 2 is 1.95 bits per heavy atom. The van der Waals surface area contributed by atoms with Crippen LogP contribution in [0.5, 0.6) is 0 Å². The Morgan fingerprint density at radius 1 is 1.20 bits per heavy atom. The van der Waals surface area contributed by atoms with Gasteiger partial charge in [0.15, 0.2) is 0 Å². The van der Waals surface area contributed by atoms with Crippen molar-refractivity contribution in [3.63, 3.8) is 0 Å². The standard InChI is InChI=1S/C16H15ClN2O/c1-11-10-19(20)16(12-5-3-2-4-6-12)14-9-13(17)7-8-15(14)18-11/h2-9,11,20H,10H2,1H3. The van der Waals surface area contributed by atoms with Crippen molar-refractivity contribution in [1.82, 2.24) is 5.06 Å². The summed E-state index contributed by atoms with van der Waals surface area (Å²) < 4.78 is 0. The molecule has 0 amide bonds. The number of halogens is 1. The van der Waals surface area contributed by atoms with Crippen molar-refractivity contribution in [2.75, 3.05) is 6.54 Å². The monoisotopic (exact) mass is 286 g/mol. The molecule has 3 nitrogen and oxygen atoms in total. The summed E-state index contributed by atoms with van der Waals surface area (Å²) in [5.41, 5.74) is 1.69. The maximum atomic E-state index is 10.4. The molecule has 2 aromatic carbocycles. The number of hydroxylamine groups is 2. The number of nitrogens with zero attached hydrogens (tertiary/aromatic N) is 2. The summed E-state index contributed by atoms with van der Waals surface area (Å²) in [6, 6.07) is 15.4. The number of hydrogen-bond donors (Lipinski definition) is 1. The molecule has 0 saturated carbocycles. The van der Waals surface area contributed by atoms with Gasteiger partial charge in [-0.2, -0.15) is 0 Å². The molecular formula is C16H15ClN2O. The van der Waals surface area contributed by atoms with Gasteiger partial charge >= 0.3 is 0 Å². The van der Waals surface area contributed by atoms with E-state index in [0.29, 0.717) is 11.6 Å². The van der Waals surface area contributed by atoms with Crippen LogP contribution in [0.1, 0.15) is 12.5 Å². The largest absolute Gasteiger partial charge is 0.288 e. The predicted molar refractivity (Wildman–Crippen MR) is 79.1 cm³/mol. The smallest absolute Gasteiger partial charge is 0.0801 e. The number of benzene rings is 2. The summed E-state index contributed by atoms with van der Waals surface area (Å²) >= 11 is 6.11. The second-order valence-electron chi connectivity index (χ2n) is 4.94. The second-order valence-corrected chi connectivity index (χ2v) is 5.37. The first kappa shape index (κ1) is 13.2. The molecule has 1 heterocycles. The summed E-state index contributed by atoms with van der Waals surface area (Å²) in [6.07, 6.45) is 0. The Hall–Kier alpha value is -1.84. The molecule has 0 radical (unpaired) electrons. The van der Waals surface area contributed by atoms with E-state index in [0.717, 1.165) is 21.8 Å². The van der Waals surface area contributed by atoms with Gasteiger partial charge in [0.2, 0.25) is 0 Å². The molecule has 0 aromatic heterocycles. The molecule has 1 N–H and O–H groups in total. The van der Waals surface area contributed by atoms with Crippen LogP contribution in [0.3, 0.4) is 0 Å². The Bertz CT molecular complexity index is 743. The Morgan fingerprint density at radius 3 is 2.70 bits per heavy atom. The average molecular weight is 287 g/mol. The fraction of sp³-hybridized carbons (Fsp3) is 0.188. The highest BCUT2D eigenvalue weighted by Gasteiger charge is 2.17. The first-order chi connectivity index (χ1) is 9.65. The molecule has 2 aromatic rings. The zero-order valence-corrected chi connectivity index (χ0v) is 11.9. The summed E-state index contributed by atoms with van der Waals surface area (Å²) in [7, 11) is 0. The first-order valence-electron chi connectivity index (χ1n) is 6.54. The van der Waals surface area contributed by atoms with E-state index >= 15 is 0 Å². The van der Waals surface area contributed by atoms with Gasteiger partial charge in [0, 0.05) is 15.8 Å². The minimum absolute atomic E-state index is 0.0149. The van der Waals surface area contributed by atoms with Crippen LogP contribution in [0.25, 0.3) is 5.70 Å². The zero-order valence-electron chi connectivity index (χ0n) is 11.1. The SMILES string of the molecule is CC1CN(O)C(c2ccccc2)=c2cc(Cl)ccc2=N1. The lowest BCUT2D eigenvalue weighted by atomic mass is 10.1. The van der Waals surface area contributed by atoms with E-state index in [1.807, 2.05) is 55.5 Å². The molecule has 20 heavy (non-hydrogen) atoms. The Balaban J connectivity index is 2.40. The Kier molecular flexibility index (Phi) is 3.47. The van der Waals surface area contributed by atoms with E-state index < -0.39 is 0 Å². The molecule has 0 spiro atoms. The van der Waals surface area contributed by atoms with E-state index in [1.165, 1.54) is 5.06 Å². The summed E-state index contributed by atoms with van der Waals surface area (Å²) in [5.74, 6) is 0. The normalized spacial score (nSPS) is 18.2. The van der Waals surface area contributed by atoms with E-state index in [4.69, 9.17) is 11.6 Å². The van der Waals surface area contributed by atoms with E-state index in [2.05, 4.69) is 4.99 Å². The maximum Gasteiger partial charge on any atom is 0.0801 e. The average Bonchev–Trinajstić information content (AvgIpc) is 2.54. The molecule has 1 aliphatic rings. The van der Waals surface area contributed by atoms with Crippen molar-refractivity contribution < 1.29 is 5.21 Å². The molecule has 0 saturated heterocycles. The lowest BCUT2D eigenvalue weighted by molar-refractivity contribution is -0.0302. The van der Waals surface area contributed by atoms with Gasteiger partial charge in [-0.15, -0.1) is 0 Å². The van der Waals surface area contributed by atoms with E-state index in [1.54, 1.807) is 0 Å². The van der Waals surface area contributed by atoms with Crippen molar-refractivity contribution in [2.45, 2.75) is 13.0 Å². The van der Waals surface area contributed by atoms with Gasteiger partial charge in [0.05, 0.1) is 23.6 Å². The third kappa shape index (κ3) is 2.42. The molecule has 0 fully saturated rings. The lowest BCUT2D eigenvalue weighted by Gasteiger charge is -2.20. The molecule has 102 valence electrons. The molecule has 1 aliphatic heterocycles. The van der Waals surface area contributed by atoms with Crippen molar-refractivity contribution in [3.05, 3.63) is 69.7 Å². The van der Waals surface area contributed by atoms with Gasteiger partial charge < -0.3 is 0 Å². The topological polar surface area (TPSA) is 35.8 Å². The second kappa shape index (κ2) is 5.27. The van der Waals surface area contributed by atoms with Crippen LogP contribution in [-0.2, 0) is 0 Å². The van der Waals surface area contributed by atoms with Crippen LogP contribution in [0.2, 0.25) is 5.02 Å². The number of fused-ring (bicyclic) bond motifs is 1. The summed E-state index contributed by atoms with van der Waals surface area (Å²) in [5, 5.41) is 14.0. The third-order valence-electron chi connectivity index (χ3n) is 3.32. The van der Waals surface area contributed by atoms with Crippen molar-refractivity contribution in [3.8, 4) is 0 Å². The van der Waals surface area contributed by atoms with E-state index in [-0.39, 0.29) is 6.04 Å². The van der Waals surface area contributed by atoms with E-state index in [9.17, 15) is 5.21 Å². The highest BCUT2D eigenvalue weighted by molar-refractivity contribution is 6.30. The lowest BCUT2D eigenvalue weighted by Crippen LogP contribution is -2.32. The fourth-order valence-corrected chi connectivity index (χ4v) is 2.64. The van der Waals surface area contributed by atoms with Gasteiger partial charge in [0.1, 0.15) is 0 Å². The molecule has 4 heteroatoms. The van der Waals surface area contributed by atoms with Crippen LogP contribution in [0.15, 0.2) is 53.5 Å². The third-order valence-corrected chi connectivity index (χ3v) is 3.55. The molecule has 0 bridgehead atoms. The highest BCUT2D eigenvalue weighted by atomic mass is 35.5. The molecule has 1 unspecified atom stereocenters. The van der Waals surface area contributed by atoms with Gasteiger partial charge in [-0.05, 0) is 25.1 Å². The minimum atomic E-state index is 0.0149. The maximum absolute atomic E-state index is 10.4. The summed E-state index contributed by atoms with van der Waals surface area (Å²) in [4.78, 5) is 4.63. The first-order valence-corrected chi connectivity index (χ1v) is 6.92. The Labute approximate surface area is 122 Å². The van der Waals surface area contributed by atoms with Gasteiger partial charge in [-0.25, -0.2) is 0 Å². The zero-order chi connectivity index (χ0) is 14.1. The molecular weight excluding hydrogens is 272 g/mol. The van der Waals surface area contributed by atoms with Crippen LogP contribution >= 0.6 is 11.6 Å². The minimum Gasteiger partial charge on any atom is -0.288 e. The van der Waals surface area contributed by atoms with Gasteiger partial charge in [-0.1, -0.05) is 41.9 Å². The van der Waals surface area contributed by atoms with Crippen molar-refractivity contribution >= 4 is 17.3 Å². The predicted octanol–water partition coefficient (Wildman–Crippen LogP) is 2.21. The molecule has 1 atom stereocenters. The van der Waals surface area contributed by atoms with Crippen LogP contribution in [-0.4, -0.2) is 22.9 Å². The van der Waals surface area contributed by atoms with Crippen LogP contribution in [0, 0.1) is 0 Å². The highest BCUT2D eigenvalue weighted by Crippen LogP contribution is 2.16.